The molecular formula is C17H30N4OS. The molecule has 0 aliphatic carbocycles. The van der Waals surface area contributed by atoms with Crippen molar-refractivity contribution in [1.82, 2.24) is 15.5 Å². The van der Waals surface area contributed by atoms with Gasteiger partial charge in [0, 0.05) is 49.6 Å². The van der Waals surface area contributed by atoms with Crippen molar-refractivity contribution in [3.05, 3.63) is 22.4 Å². The Hall–Kier alpha value is -1.11. The zero-order chi connectivity index (χ0) is 16.7. The Morgan fingerprint density at radius 2 is 2.22 bits per heavy atom. The molecule has 5 nitrogen and oxygen atoms in total. The lowest BCUT2D eigenvalue weighted by Crippen LogP contribution is -2.53. The van der Waals surface area contributed by atoms with Crippen LogP contribution in [0, 0.1) is 0 Å². The van der Waals surface area contributed by atoms with Crippen LogP contribution in [-0.2, 0) is 4.74 Å². The molecule has 2 N–H and O–H groups in total. The van der Waals surface area contributed by atoms with Gasteiger partial charge in [-0.2, -0.15) is 0 Å². The molecule has 0 bridgehead atoms. The third kappa shape index (κ3) is 5.48. The van der Waals surface area contributed by atoms with E-state index in [-0.39, 0.29) is 0 Å². The molecule has 130 valence electrons. The van der Waals surface area contributed by atoms with Gasteiger partial charge >= 0.3 is 0 Å². The average Bonchev–Trinajstić information content (AvgIpc) is 3.09. The molecule has 2 rings (SSSR count). The molecule has 0 saturated carbocycles. The molecule has 2 heterocycles. The van der Waals surface area contributed by atoms with Gasteiger partial charge in [0.2, 0.25) is 0 Å². The van der Waals surface area contributed by atoms with E-state index >= 15 is 0 Å². The van der Waals surface area contributed by atoms with Gasteiger partial charge in [-0.05, 0) is 25.3 Å². The Kier molecular flexibility index (Phi) is 7.33. The van der Waals surface area contributed by atoms with E-state index in [0.29, 0.717) is 18.0 Å². The summed E-state index contributed by atoms with van der Waals surface area (Å²) in [7, 11) is 1.83. The molecular weight excluding hydrogens is 308 g/mol. The molecule has 1 saturated heterocycles. The van der Waals surface area contributed by atoms with Gasteiger partial charge in [-0.25, -0.2) is 0 Å². The van der Waals surface area contributed by atoms with E-state index in [2.05, 4.69) is 58.8 Å². The maximum absolute atomic E-state index is 5.51. The van der Waals surface area contributed by atoms with E-state index in [1.165, 1.54) is 4.88 Å². The first kappa shape index (κ1) is 18.2. The SMILES string of the molecule is CN=C(NCC(C)c1cccs1)NCC(C)N1CCOCC1C. The van der Waals surface area contributed by atoms with E-state index in [1.807, 2.05) is 18.4 Å². The van der Waals surface area contributed by atoms with Gasteiger partial charge in [-0.1, -0.05) is 13.0 Å². The van der Waals surface area contributed by atoms with Crippen LogP contribution in [0.3, 0.4) is 0 Å². The van der Waals surface area contributed by atoms with E-state index in [4.69, 9.17) is 4.74 Å². The lowest BCUT2D eigenvalue weighted by Gasteiger charge is -2.38. The lowest BCUT2D eigenvalue weighted by molar-refractivity contribution is -0.0174. The van der Waals surface area contributed by atoms with E-state index in [9.17, 15) is 0 Å². The van der Waals surface area contributed by atoms with Crippen LogP contribution in [0.4, 0.5) is 0 Å². The number of ether oxygens (including phenoxy) is 1. The molecule has 1 aliphatic heterocycles. The highest BCUT2D eigenvalue weighted by Gasteiger charge is 2.23. The van der Waals surface area contributed by atoms with Gasteiger partial charge in [-0.3, -0.25) is 9.89 Å². The summed E-state index contributed by atoms with van der Waals surface area (Å²) in [6, 6.07) is 5.24. The number of hydrogen-bond acceptors (Lipinski definition) is 4. The average molecular weight is 339 g/mol. The summed E-state index contributed by atoms with van der Waals surface area (Å²) < 4.78 is 5.51. The monoisotopic (exact) mass is 338 g/mol. The van der Waals surface area contributed by atoms with Crippen molar-refractivity contribution in [2.24, 2.45) is 4.99 Å². The van der Waals surface area contributed by atoms with Crippen LogP contribution in [0.1, 0.15) is 31.6 Å². The third-order valence-corrected chi connectivity index (χ3v) is 5.48. The van der Waals surface area contributed by atoms with Crippen molar-refractivity contribution in [3.8, 4) is 0 Å². The van der Waals surface area contributed by atoms with Gasteiger partial charge in [0.25, 0.3) is 0 Å². The Labute approximate surface area is 144 Å². The van der Waals surface area contributed by atoms with Crippen LogP contribution in [0.5, 0.6) is 0 Å². The molecule has 0 amide bonds. The van der Waals surface area contributed by atoms with Crippen molar-refractivity contribution < 1.29 is 4.74 Å². The standard InChI is InChI=1S/C17H30N4OS/c1-13(16-6-5-9-23-16)10-19-17(18-4)20-11-14(2)21-7-8-22-12-15(21)3/h5-6,9,13-15H,7-8,10-12H2,1-4H3,(H2,18,19,20). The maximum atomic E-state index is 5.51. The van der Waals surface area contributed by atoms with Crippen LogP contribution in [0.2, 0.25) is 0 Å². The molecule has 23 heavy (non-hydrogen) atoms. The zero-order valence-corrected chi connectivity index (χ0v) is 15.5. The molecule has 1 fully saturated rings. The number of nitrogens with one attached hydrogen (secondary N) is 2. The summed E-state index contributed by atoms with van der Waals surface area (Å²) in [4.78, 5) is 8.24. The van der Waals surface area contributed by atoms with Crippen molar-refractivity contribution in [3.63, 3.8) is 0 Å². The smallest absolute Gasteiger partial charge is 0.191 e. The minimum absolute atomic E-state index is 0.460. The molecule has 0 spiro atoms. The Bertz CT molecular complexity index is 477. The molecule has 6 heteroatoms. The normalized spacial score (nSPS) is 22.6. The van der Waals surface area contributed by atoms with E-state index in [0.717, 1.165) is 38.8 Å². The number of morpholine rings is 1. The van der Waals surface area contributed by atoms with Crippen LogP contribution < -0.4 is 10.6 Å². The predicted molar refractivity (Wildman–Crippen MR) is 98.5 cm³/mol. The predicted octanol–water partition coefficient (Wildman–Crippen LogP) is 2.13. The van der Waals surface area contributed by atoms with Crippen molar-refractivity contribution in [1.29, 1.82) is 0 Å². The largest absolute Gasteiger partial charge is 0.379 e. The fourth-order valence-electron chi connectivity index (χ4n) is 2.90. The topological polar surface area (TPSA) is 48.9 Å². The Morgan fingerprint density at radius 3 is 2.87 bits per heavy atom. The number of hydrogen-bond donors (Lipinski definition) is 2. The molecule has 3 unspecified atom stereocenters. The highest BCUT2D eigenvalue weighted by atomic mass is 32.1. The summed E-state index contributed by atoms with van der Waals surface area (Å²) in [5.41, 5.74) is 0. The number of aliphatic imine (C=N–C) groups is 1. The van der Waals surface area contributed by atoms with Gasteiger partial charge < -0.3 is 15.4 Å². The summed E-state index contributed by atoms with van der Waals surface area (Å²) in [6.07, 6.45) is 0. The van der Waals surface area contributed by atoms with Crippen LogP contribution >= 0.6 is 11.3 Å². The van der Waals surface area contributed by atoms with E-state index in [1.54, 1.807) is 0 Å². The second-order valence-electron chi connectivity index (χ2n) is 6.26. The van der Waals surface area contributed by atoms with Crippen molar-refractivity contribution in [2.45, 2.75) is 38.8 Å². The van der Waals surface area contributed by atoms with Crippen molar-refractivity contribution >= 4 is 17.3 Å². The van der Waals surface area contributed by atoms with Gasteiger partial charge in [-0.15, -0.1) is 11.3 Å². The van der Waals surface area contributed by atoms with Gasteiger partial charge in [0.15, 0.2) is 5.96 Å². The highest BCUT2D eigenvalue weighted by Crippen LogP contribution is 2.19. The lowest BCUT2D eigenvalue weighted by atomic mass is 10.1. The number of guanidine groups is 1. The van der Waals surface area contributed by atoms with Gasteiger partial charge in [0.1, 0.15) is 0 Å². The fourth-order valence-corrected chi connectivity index (χ4v) is 3.69. The third-order valence-electron chi connectivity index (χ3n) is 4.38. The van der Waals surface area contributed by atoms with Gasteiger partial charge in [0.05, 0.1) is 13.2 Å². The molecule has 1 aromatic rings. The van der Waals surface area contributed by atoms with Crippen LogP contribution in [-0.4, -0.2) is 62.8 Å². The first-order valence-corrected chi connectivity index (χ1v) is 9.31. The van der Waals surface area contributed by atoms with Crippen LogP contribution in [0.25, 0.3) is 0 Å². The van der Waals surface area contributed by atoms with Crippen molar-refractivity contribution in [2.75, 3.05) is 39.9 Å². The molecule has 3 atom stereocenters. The first-order chi connectivity index (χ1) is 11.1. The quantitative estimate of drug-likeness (QED) is 0.616. The second-order valence-corrected chi connectivity index (χ2v) is 7.24. The summed E-state index contributed by atoms with van der Waals surface area (Å²) >= 11 is 1.81. The Balaban J connectivity index is 1.74. The second kappa shape index (κ2) is 9.25. The van der Waals surface area contributed by atoms with Crippen LogP contribution in [0.15, 0.2) is 22.5 Å². The first-order valence-electron chi connectivity index (χ1n) is 8.43. The zero-order valence-electron chi connectivity index (χ0n) is 14.7. The minimum Gasteiger partial charge on any atom is -0.379 e. The Morgan fingerprint density at radius 1 is 1.43 bits per heavy atom. The molecule has 1 aliphatic rings. The maximum Gasteiger partial charge on any atom is 0.191 e. The molecule has 1 aromatic heterocycles. The summed E-state index contributed by atoms with van der Waals surface area (Å²) in [5, 5.41) is 9.01. The highest BCUT2D eigenvalue weighted by molar-refractivity contribution is 7.10. The number of thiophene rings is 1. The number of nitrogens with zero attached hydrogens (tertiary/aromatic N) is 2. The molecule has 0 radical (unpaired) electrons. The summed E-state index contributed by atoms with van der Waals surface area (Å²) in [6.45, 7) is 11.2. The fraction of sp³-hybridized carbons (Fsp3) is 0.706. The molecule has 0 aromatic carbocycles. The minimum atomic E-state index is 0.460. The van der Waals surface area contributed by atoms with E-state index < -0.39 is 0 Å². The number of rotatable bonds is 6. The summed E-state index contributed by atoms with van der Waals surface area (Å²) in [5.74, 6) is 1.37.